The first-order chi connectivity index (χ1) is 9.99. The van der Waals surface area contributed by atoms with Gasteiger partial charge in [0, 0.05) is 11.1 Å². The van der Waals surface area contributed by atoms with E-state index in [1.807, 2.05) is 13.0 Å². The van der Waals surface area contributed by atoms with Gasteiger partial charge in [0.05, 0.1) is 11.1 Å². The zero-order valence-electron chi connectivity index (χ0n) is 12.9. The number of rotatable bonds is 5. The van der Waals surface area contributed by atoms with Crippen molar-refractivity contribution in [3.8, 4) is 5.75 Å². The van der Waals surface area contributed by atoms with E-state index in [1.54, 1.807) is 6.07 Å². The summed E-state index contributed by atoms with van der Waals surface area (Å²) in [4.78, 5) is 0. The number of ether oxygens (including phenoxy) is 1. The predicted molar refractivity (Wildman–Crippen MR) is 90.5 cm³/mol. The first kappa shape index (κ1) is 16.9. The molecule has 0 aromatic heterocycles. The summed E-state index contributed by atoms with van der Waals surface area (Å²) in [5.41, 5.74) is 6.94. The predicted octanol–water partition coefficient (Wildman–Crippen LogP) is 5.23. The van der Waals surface area contributed by atoms with Crippen LogP contribution in [0.2, 0.25) is 10.0 Å². The molecule has 2 nitrogen and oxygen atoms in total. The SMILES string of the molecule is CCC1CCCC(Oc2c(Cl)cc(Cl)cc2CC(C)N)C1. The fourth-order valence-electron chi connectivity index (χ4n) is 3.13. The molecule has 1 aliphatic carbocycles. The van der Waals surface area contributed by atoms with E-state index in [1.165, 1.54) is 19.3 Å². The van der Waals surface area contributed by atoms with Gasteiger partial charge in [0.25, 0.3) is 0 Å². The first-order valence-corrected chi connectivity index (χ1v) is 8.65. The number of benzene rings is 1. The van der Waals surface area contributed by atoms with Crippen LogP contribution in [0.4, 0.5) is 0 Å². The van der Waals surface area contributed by atoms with Crippen LogP contribution in [0.15, 0.2) is 12.1 Å². The van der Waals surface area contributed by atoms with Crippen LogP contribution in [0, 0.1) is 5.92 Å². The Balaban J connectivity index is 2.17. The third kappa shape index (κ3) is 4.77. The highest BCUT2D eigenvalue weighted by Crippen LogP contribution is 2.37. The summed E-state index contributed by atoms with van der Waals surface area (Å²) in [6, 6.07) is 3.73. The van der Waals surface area contributed by atoms with E-state index < -0.39 is 0 Å². The van der Waals surface area contributed by atoms with Crippen molar-refractivity contribution in [3.05, 3.63) is 27.7 Å². The van der Waals surface area contributed by atoms with Crippen molar-refractivity contribution in [2.75, 3.05) is 0 Å². The van der Waals surface area contributed by atoms with Gasteiger partial charge in [0.2, 0.25) is 0 Å². The van der Waals surface area contributed by atoms with Crippen LogP contribution in [0.1, 0.15) is 51.5 Å². The fraction of sp³-hybridized carbons (Fsp3) is 0.647. The van der Waals surface area contributed by atoms with Gasteiger partial charge in [-0.25, -0.2) is 0 Å². The van der Waals surface area contributed by atoms with Crippen LogP contribution in [-0.2, 0) is 6.42 Å². The van der Waals surface area contributed by atoms with Crippen molar-refractivity contribution in [3.63, 3.8) is 0 Å². The molecular weight excluding hydrogens is 305 g/mol. The van der Waals surface area contributed by atoms with Gasteiger partial charge in [-0.15, -0.1) is 0 Å². The van der Waals surface area contributed by atoms with E-state index >= 15 is 0 Å². The van der Waals surface area contributed by atoms with Crippen LogP contribution >= 0.6 is 23.2 Å². The van der Waals surface area contributed by atoms with E-state index in [9.17, 15) is 0 Å². The van der Waals surface area contributed by atoms with Gasteiger partial charge in [-0.2, -0.15) is 0 Å². The summed E-state index contributed by atoms with van der Waals surface area (Å²) >= 11 is 12.5. The lowest BCUT2D eigenvalue weighted by Gasteiger charge is -2.30. The van der Waals surface area contributed by atoms with Gasteiger partial charge < -0.3 is 10.5 Å². The van der Waals surface area contributed by atoms with Crippen molar-refractivity contribution in [1.82, 2.24) is 0 Å². The van der Waals surface area contributed by atoms with Crippen molar-refractivity contribution in [2.24, 2.45) is 11.7 Å². The largest absolute Gasteiger partial charge is 0.489 e. The van der Waals surface area contributed by atoms with Crippen molar-refractivity contribution < 1.29 is 4.74 Å². The van der Waals surface area contributed by atoms with Crippen LogP contribution < -0.4 is 10.5 Å². The third-order valence-corrected chi connectivity index (χ3v) is 4.72. The molecule has 0 heterocycles. The number of halogens is 2. The summed E-state index contributed by atoms with van der Waals surface area (Å²) < 4.78 is 6.26. The molecule has 3 atom stereocenters. The van der Waals surface area contributed by atoms with Gasteiger partial charge >= 0.3 is 0 Å². The van der Waals surface area contributed by atoms with Crippen molar-refractivity contribution >= 4 is 23.2 Å². The maximum absolute atomic E-state index is 6.36. The van der Waals surface area contributed by atoms with Gasteiger partial charge in [-0.05, 0) is 56.2 Å². The second-order valence-corrected chi connectivity index (χ2v) is 7.08. The Hall–Kier alpha value is -0.440. The molecule has 0 bridgehead atoms. The Morgan fingerprint density at radius 1 is 1.33 bits per heavy atom. The first-order valence-electron chi connectivity index (χ1n) is 7.89. The van der Waals surface area contributed by atoms with Crippen LogP contribution in [0.5, 0.6) is 5.75 Å². The van der Waals surface area contributed by atoms with Gasteiger partial charge in [-0.3, -0.25) is 0 Å². The zero-order valence-corrected chi connectivity index (χ0v) is 14.4. The Morgan fingerprint density at radius 3 is 2.76 bits per heavy atom. The Kier molecular flexibility index (Phi) is 6.21. The summed E-state index contributed by atoms with van der Waals surface area (Å²) in [6.45, 7) is 4.23. The number of nitrogens with two attached hydrogens (primary N) is 1. The smallest absolute Gasteiger partial charge is 0.141 e. The molecule has 0 spiro atoms. The Labute approximate surface area is 137 Å². The lowest BCUT2D eigenvalue weighted by molar-refractivity contribution is 0.121. The van der Waals surface area contributed by atoms with Crippen molar-refractivity contribution in [2.45, 2.75) is 64.5 Å². The normalized spacial score (nSPS) is 23.9. The maximum Gasteiger partial charge on any atom is 0.141 e. The molecule has 0 saturated heterocycles. The fourth-order valence-corrected chi connectivity index (χ4v) is 3.71. The second kappa shape index (κ2) is 7.71. The van der Waals surface area contributed by atoms with Crippen molar-refractivity contribution in [1.29, 1.82) is 0 Å². The molecule has 118 valence electrons. The average Bonchev–Trinajstić information content (AvgIpc) is 2.42. The molecule has 3 unspecified atom stereocenters. The van der Waals surface area contributed by atoms with E-state index in [2.05, 4.69) is 6.92 Å². The van der Waals surface area contributed by atoms with E-state index in [4.69, 9.17) is 33.7 Å². The minimum atomic E-state index is 0.0524. The summed E-state index contributed by atoms with van der Waals surface area (Å²) in [7, 11) is 0. The summed E-state index contributed by atoms with van der Waals surface area (Å²) in [6.07, 6.45) is 6.98. The van der Waals surface area contributed by atoms with E-state index in [0.717, 1.165) is 36.5 Å². The van der Waals surface area contributed by atoms with Crippen LogP contribution in [-0.4, -0.2) is 12.1 Å². The van der Waals surface area contributed by atoms with Crippen LogP contribution in [0.3, 0.4) is 0 Å². The Bertz CT molecular complexity index is 476. The molecule has 1 aliphatic rings. The summed E-state index contributed by atoms with van der Waals surface area (Å²) in [5, 5.41) is 1.23. The molecule has 1 fully saturated rings. The minimum absolute atomic E-state index is 0.0524. The van der Waals surface area contributed by atoms with E-state index in [-0.39, 0.29) is 12.1 Å². The highest BCUT2D eigenvalue weighted by atomic mass is 35.5. The Morgan fingerprint density at radius 2 is 2.10 bits per heavy atom. The highest BCUT2D eigenvalue weighted by Gasteiger charge is 2.24. The molecule has 2 N–H and O–H groups in total. The van der Waals surface area contributed by atoms with Gasteiger partial charge in [0.1, 0.15) is 5.75 Å². The topological polar surface area (TPSA) is 35.2 Å². The third-order valence-electron chi connectivity index (χ3n) is 4.22. The molecular formula is C17H25Cl2NO. The second-order valence-electron chi connectivity index (χ2n) is 6.24. The molecule has 0 amide bonds. The average molecular weight is 330 g/mol. The number of hydrogen-bond acceptors (Lipinski definition) is 2. The lowest BCUT2D eigenvalue weighted by Crippen LogP contribution is -2.26. The molecule has 1 aromatic rings. The van der Waals surface area contributed by atoms with Gasteiger partial charge in [-0.1, -0.05) is 43.0 Å². The molecule has 4 heteroatoms. The molecule has 0 aliphatic heterocycles. The molecule has 1 saturated carbocycles. The standard InChI is InChI=1S/C17H25Cl2NO/c1-3-12-5-4-6-15(8-12)21-17-13(7-11(2)20)9-14(18)10-16(17)19/h9-12,15H,3-8,20H2,1-2H3. The minimum Gasteiger partial charge on any atom is -0.489 e. The summed E-state index contributed by atoms with van der Waals surface area (Å²) in [5.74, 6) is 1.55. The van der Waals surface area contributed by atoms with Gasteiger partial charge in [0.15, 0.2) is 0 Å². The zero-order chi connectivity index (χ0) is 15.4. The molecule has 1 aromatic carbocycles. The monoisotopic (exact) mass is 329 g/mol. The number of hydrogen-bond donors (Lipinski definition) is 1. The van der Waals surface area contributed by atoms with Crippen LogP contribution in [0.25, 0.3) is 0 Å². The van der Waals surface area contributed by atoms with E-state index in [0.29, 0.717) is 10.0 Å². The molecule has 2 rings (SSSR count). The quantitative estimate of drug-likeness (QED) is 0.802. The molecule has 21 heavy (non-hydrogen) atoms. The lowest BCUT2D eigenvalue weighted by atomic mass is 9.85. The maximum atomic E-state index is 6.36. The molecule has 0 radical (unpaired) electrons. The highest BCUT2D eigenvalue weighted by molar-refractivity contribution is 6.35.